The maximum Gasteiger partial charge on any atom is 0.220 e. The van der Waals surface area contributed by atoms with Crippen LogP contribution in [0.5, 0.6) is 5.75 Å². The van der Waals surface area contributed by atoms with Gasteiger partial charge in [-0.3, -0.25) is 4.79 Å². The van der Waals surface area contributed by atoms with Crippen molar-refractivity contribution in [3.63, 3.8) is 0 Å². The van der Waals surface area contributed by atoms with Gasteiger partial charge in [-0.2, -0.15) is 0 Å². The summed E-state index contributed by atoms with van der Waals surface area (Å²) in [4.78, 5) is 20.5. The molecule has 1 N–H and O–H groups in total. The Balaban J connectivity index is 1.60. The summed E-state index contributed by atoms with van der Waals surface area (Å²) >= 11 is 0. The van der Waals surface area contributed by atoms with Crippen LogP contribution in [0.25, 0.3) is 0 Å². The summed E-state index contributed by atoms with van der Waals surface area (Å²) in [6, 6.07) is 11.6. The van der Waals surface area contributed by atoms with E-state index in [1.807, 2.05) is 50.2 Å². The van der Waals surface area contributed by atoms with Gasteiger partial charge in [-0.1, -0.05) is 18.2 Å². The summed E-state index contributed by atoms with van der Waals surface area (Å²) in [6.45, 7) is 4.99. The number of carbonyl (C=O) groups is 1. The van der Waals surface area contributed by atoms with Crippen LogP contribution in [0.1, 0.15) is 30.1 Å². The van der Waals surface area contributed by atoms with E-state index in [9.17, 15) is 4.79 Å². The van der Waals surface area contributed by atoms with Gasteiger partial charge in [0.15, 0.2) is 0 Å². The molecule has 1 heterocycles. The Labute approximate surface area is 137 Å². The summed E-state index contributed by atoms with van der Waals surface area (Å²) in [5.74, 6) is 1.64. The lowest BCUT2D eigenvalue weighted by Gasteiger charge is -2.07. The maximum absolute atomic E-state index is 11.8. The number of nitrogens with one attached hydrogen (secondary N) is 1. The number of amides is 1. The van der Waals surface area contributed by atoms with Crippen LogP contribution >= 0.6 is 0 Å². The number of rotatable bonds is 8. The minimum Gasteiger partial charge on any atom is -0.494 e. The van der Waals surface area contributed by atoms with Gasteiger partial charge >= 0.3 is 0 Å². The number of aryl methyl sites for hydroxylation is 2. The number of benzene rings is 1. The maximum atomic E-state index is 11.8. The van der Waals surface area contributed by atoms with Crippen molar-refractivity contribution in [3.8, 4) is 5.75 Å². The van der Waals surface area contributed by atoms with E-state index in [2.05, 4.69) is 15.3 Å². The third kappa shape index (κ3) is 6.46. The van der Waals surface area contributed by atoms with E-state index in [0.717, 1.165) is 23.0 Å². The SMILES string of the molecule is Cc1cc(C)nc(CCNC(=O)CCCOc2ccccc2)n1. The zero-order valence-corrected chi connectivity index (χ0v) is 13.7. The van der Waals surface area contributed by atoms with Gasteiger partial charge in [-0.25, -0.2) is 9.97 Å². The molecule has 2 rings (SSSR count). The largest absolute Gasteiger partial charge is 0.494 e. The van der Waals surface area contributed by atoms with Crippen molar-refractivity contribution < 1.29 is 9.53 Å². The molecular weight excluding hydrogens is 290 g/mol. The lowest BCUT2D eigenvalue weighted by molar-refractivity contribution is -0.121. The summed E-state index contributed by atoms with van der Waals surface area (Å²) < 4.78 is 5.56. The van der Waals surface area contributed by atoms with Crippen molar-refractivity contribution in [2.45, 2.75) is 33.1 Å². The van der Waals surface area contributed by atoms with E-state index in [-0.39, 0.29) is 5.91 Å². The van der Waals surface area contributed by atoms with E-state index in [1.165, 1.54) is 0 Å². The molecule has 122 valence electrons. The lowest BCUT2D eigenvalue weighted by atomic mass is 10.3. The van der Waals surface area contributed by atoms with Gasteiger partial charge < -0.3 is 10.1 Å². The van der Waals surface area contributed by atoms with Crippen LogP contribution < -0.4 is 10.1 Å². The number of hydrogen-bond donors (Lipinski definition) is 1. The van der Waals surface area contributed by atoms with Crippen LogP contribution in [0.15, 0.2) is 36.4 Å². The number of aromatic nitrogens is 2. The second-order valence-corrected chi connectivity index (χ2v) is 5.43. The number of para-hydroxylation sites is 1. The van der Waals surface area contributed by atoms with Gasteiger partial charge in [0, 0.05) is 30.8 Å². The predicted octanol–water partition coefficient (Wildman–Crippen LogP) is 2.61. The molecule has 0 saturated heterocycles. The van der Waals surface area contributed by atoms with Crippen LogP contribution in [-0.2, 0) is 11.2 Å². The Morgan fingerprint density at radius 1 is 1.13 bits per heavy atom. The topological polar surface area (TPSA) is 64.1 Å². The molecular formula is C18H23N3O2. The zero-order valence-electron chi connectivity index (χ0n) is 13.7. The monoisotopic (exact) mass is 313 g/mol. The quantitative estimate of drug-likeness (QED) is 0.761. The second kappa shape index (κ2) is 8.88. The molecule has 5 nitrogen and oxygen atoms in total. The molecule has 0 aliphatic heterocycles. The first-order valence-electron chi connectivity index (χ1n) is 7.89. The molecule has 0 unspecified atom stereocenters. The summed E-state index contributed by atoms with van der Waals surface area (Å²) in [5, 5.41) is 2.89. The Morgan fingerprint density at radius 2 is 1.83 bits per heavy atom. The fraction of sp³-hybridized carbons (Fsp3) is 0.389. The van der Waals surface area contributed by atoms with E-state index in [1.54, 1.807) is 0 Å². The first-order valence-corrected chi connectivity index (χ1v) is 7.89. The molecule has 0 saturated carbocycles. The van der Waals surface area contributed by atoms with Gasteiger partial charge in [-0.15, -0.1) is 0 Å². The first-order chi connectivity index (χ1) is 11.1. The average molecular weight is 313 g/mol. The van der Waals surface area contributed by atoms with Crippen molar-refractivity contribution in [2.24, 2.45) is 0 Å². The Bertz CT molecular complexity index is 609. The van der Waals surface area contributed by atoms with Crippen molar-refractivity contribution in [1.82, 2.24) is 15.3 Å². The summed E-state index contributed by atoms with van der Waals surface area (Å²) in [5.41, 5.74) is 1.91. The van der Waals surface area contributed by atoms with Crippen LogP contribution in [0.4, 0.5) is 0 Å². The zero-order chi connectivity index (χ0) is 16.5. The van der Waals surface area contributed by atoms with Crippen molar-refractivity contribution in [3.05, 3.63) is 53.6 Å². The molecule has 0 spiro atoms. The molecule has 5 heteroatoms. The molecule has 0 fully saturated rings. The van der Waals surface area contributed by atoms with Crippen LogP contribution in [0.3, 0.4) is 0 Å². The van der Waals surface area contributed by atoms with E-state index in [0.29, 0.717) is 32.4 Å². The van der Waals surface area contributed by atoms with E-state index in [4.69, 9.17) is 4.74 Å². The van der Waals surface area contributed by atoms with Gasteiger partial charge in [0.25, 0.3) is 0 Å². The van der Waals surface area contributed by atoms with E-state index < -0.39 is 0 Å². The van der Waals surface area contributed by atoms with Crippen molar-refractivity contribution >= 4 is 5.91 Å². The van der Waals surface area contributed by atoms with Crippen LogP contribution in [0, 0.1) is 13.8 Å². The molecule has 0 radical (unpaired) electrons. The summed E-state index contributed by atoms with van der Waals surface area (Å²) in [6.07, 6.45) is 1.80. The lowest BCUT2D eigenvalue weighted by Crippen LogP contribution is -2.26. The van der Waals surface area contributed by atoms with Gasteiger partial charge in [0.2, 0.25) is 5.91 Å². The highest BCUT2D eigenvalue weighted by Gasteiger charge is 2.03. The number of ether oxygens (including phenoxy) is 1. The molecule has 0 aliphatic rings. The third-order valence-electron chi connectivity index (χ3n) is 3.26. The average Bonchev–Trinajstić information content (AvgIpc) is 2.52. The third-order valence-corrected chi connectivity index (χ3v) is 3.26. The fourth-order valence-corrected chi connectivity index (χ4v) is 2.25. The summed E-state index contributed by atoms with van der Waals surface area (Å²) in [7, 11) is 0. The number of hydrogen-bond acceptors (Lipinski definition) is 4. The second-order valence-electron chi connectivity index (χ2n) is 5.43. The van der Waals surface area contributed by atoms with Gasteiger partial charge in [0.1, 0.15) is 11.6 Å². The van der Waals surface area contributed by atoms with Crippen molar-refractivity contribution in [2.75, 3.05) is 13.2 Å². The molecule has 0 aliphatic carbocycles. The van der Waals surface area contributed by atoms with Gasteiger partial charge in [-0.05, 0) is 38.5 Å². The van der Waals surface area contributed by atoms with Crippen LogP contribution in [-0.4, -0.2) is 29.0 Å². The molecule has 0 bridgehead atoms. The standard InChI is InChI=1S/C18H23N3O2/c1-14-13-15(2)21-17(20-14)10-11-19-18(22)9-6-12-23-16-7-4-3-5-8-16/h3-5,7-8,13H,6,9-12H2,1-2H3,(H,19,22). The normalized spacial score (nSPS) is 10.3. The number of carbonyl (C=O) groups excluding carboxylic acids is 1. The first kappa shape index (κ1) is 16.9. The van der Waals surface area contributed by atoms with Crippen LogP contribution in [0.2, 0.25) is 0 Å². The Kier molecular flexibility index (Phi) is 6.54. The Hall–Kier alpha value is -2.43. The molecule has 1 aromatic heterocycles. The smallest absolute Gasteiger partial charge is 0.220 e. The highest BCUT2D eigenvalue weighted by Crippen LogP contribution is 2.08. The Morgan fingerprint density at radius 3 is 2.52 bits per heavy atom. The minimum atomic E-state index is 0.0334. The fourth-order valence-electron chi connectivity index (χ4n) is 2.25. The van der Waals surface area contributed by atoms with Gasteiger partial charge in [0.05, 0.1) is 6.61 Å². The number of nitrogens with zero attached hydrogens (tertiary/aromatic N) is 2. The minimum absolute atomic E-state index is 0.0334. The molecule has 23 heavy (non-hydrogen) atoms. The molecule has 1 amide bonds. The van der Waals surface area contributed by atoms with Crippen molar-refractivity contribution in [1.29, 1.82) is 0 Å². The molecule has 2 aromatic rings. The highest BCUT2D eigenvalue weighted by molar-refractivity contribution is 5.75. The molecule has 1 aromatic carbocycles. The highest BCUT2D eigenvalue weighted by atomic mass is 16.5. The van der Waals surface area contributed by atoms with E-state index >= 15 is 0 Å². The predicted molar refractivity (Wildman–Crippen MR) is 89.4 cm³/mol. The molecule has 0 atom stereocenters.